The first-order valence-corrected chi connectivity index (χ1v) is 15.2. The van der Waals surface area contributed by atoms with E-state index in [0.29, 0.717) is 28.6 Å². The van der Waals surface area contributed by atoms with Crippen LogP contribution in [-0.2, 0) is 10.0 Å². The molecule has 1 saturated carbocycles. The van der Waals surface area contributed by atoms with E-state index in [2.05, 4.69) is 24.5 Å². The molecule has 12 heteroatoms. The number of aromatic nitrogens is 4. The Hall–Kier alpha value is -3.64. The van der Waals surface area contributed by atoms with Crippen LogP contribution in [0.2, 0.25) is 0 Å². The fourth-order valence-electron chi connectivity index (χ4n) is 5.26. The minimum absolute atomic E-state index is 0.175. The number of hydrogen-bond donors (Lipinski definition) is 1. The summed E-state index contributed by atoms with van der Waals surface area (Å²) in [6.45, 7) is 6.49. The molecule has 2 fully saturated rings. The summed E-state index contributed by atoms with van der Waals surface area (Å²) in [6, 6.07) is 5.82. The first kappa shape index (κ1) is 26.6. The lowest BCUT2D eigenvalue weighted by Crippen LogP contribution is -2.47. The number of rotatable bonds is 9. The largest absolute Gasteiger partial charge is 0.354 e. The molecule has 0 amide bonds. The number of benzene rings is 1. The number of pyridine rings is 1. The predicted octanol–water partition coefficient (Wildman–Crippen LogP) is 4.44. The molecule has 0 atom stereocenters. The summed E-state index contributed by atoms with van der Waals surface area (Å²) in [4.78, 5) is 17.9. The predicted molar refractivity (Wildman–Crippen MR) is 151 cm³/mol. The van der Waals surface area contributed by atoms with Crippen LogP contribution in [0.5, 0.6) is 0 Å². The fraction of sp³-hybridized carbons (Fsp3) is 0.393. The maximum atomic E-state index is 15.8. The Balaban J connectivity index is 1.41. The maximum Gasteiger partial charge on any atom is 0.232 e. The van der Waals surface area contributed by atoms with Crippen LogP contribution < -0.4 is 9.62 Å². The number of anilines is 2. The minimum atomic E-state index is -3.78. The third-order valence-corrected chi connectivity index (χ3v) is 8.94. The highest BCUT2D eigenvalue weighted by Gasteiger charge is 2.27. The normalized spacial score (nSPS) is 16.5. The molecule has 1 saturated heterocycles. The Morgan fingerprint density at radius 1 is 1.02 bits per heavy atom. The maximum absolute atomic E-state index is 15.8. The van der Waals surface area contributed by atoms with Crippen molar-refractivity contribution in [2.75, 3.05) is 48.1 Å². The van der Waals surface area contributed by atoms with Crippen molar-refractivity contribution in [1.29, 1.82) is 0 Å². The van der Waals surface area contributed by atoms with E-state index >= 15 is 8.78 Å². The average Bonchev–Trinajstić information content (AvgIpc) is 3.69. The van der Waals surface area contributed by atoms with Gasteiger partial charge in [-0.1, -0.05) is 6.92 Å². The number of halogens is 2. The highest BCUT2D eigenvalue weighted by atomic mass is 32.2. The van der Waals surface area contributed by atoms with E-state index in [0.717, 1.165) is 56.6 Å². The summed E-state index contributed by atoms with van der Waals surface area (Å²) < 4.78 is 59.3. The quantitative estimate of drug-likeness (QED) is 0.319. The van der Waals surface area contributed by atoms with Crippen molar-refractivity contribution in [2.45, 2.75) is 26.2 Å². The molecule has 6 rings (SSSR count). The van der Waals surface area contributed by atoms with Crippen LogP contribution in [0.15, 0.2) is 49.2 Å². The molecule has 1 aromatic carbocycles. The van der Waals surface area contributed by atoms with Gasteiger partial charge in [0.25, 0.3) is 0 Å². The van der Waals surface area contributed by atoms with Gasteiger partial charge in [0, 0.05) is 62.4 Å². The molecule has 0 bridgehead atoms. The lowest BCUT2D eigenvalue weighted by Gasteiger charge is -2.35. The molecular formula is C28H31F2N7O2S. The Kier molecular flexibility index (Phi) is 7.13. The molecule has 1 N–H and O–H groups in total. The molecule has 40 heavy (non-hydrogen) atoms. The Labute approximate surface area is 231 Å². The first-order valence-electron chi connectivity index (χ1n) is 13.6. The van der Waals surface area contributed by atoms with Gasteiger partial charge in [0.2, 0.25) is 10.0 Å². The molecule has 0 unspecified atom stereocenters. The number of piperazine rings is 1. The molecule has 1 aliphatic carbocycles. The van der Waals surface area contributed by atoms with Gasteiger partial charge in [0.15, 0.2) is 5.82 Å². The summed E-state index contributed by atoms with van der Waals surface area (Å²) in [7, 11) is -3.78. The van der Waals surface area contributed by atoms with E-state index in [4.69, 9.17) is 4.98 Å². The lowest BCUT2D eigenvalue weighted by molar-refractivity contribution is 0.247. The van der Waals surface area contributed by atoms with Gasteiger partial charge in [0.05, 0.1) is 22.5 Å². The first-order chi connectivity index (χ1) is 19.3. The molecule has 1 aliphatic heterocycles. The van der Waals surface area contributed by atoms with Crippen LogP contribution in [0.4, 0.5) is 20.3 Å². The van der Waals surface area contributed by atoms with Crippen molar-refractivity contribution < 1.29 is 17.2 Å². The Morgan fingerprint density at radius 3 is 2.48 bits per heavy atom. The van der Waals surface area contributed by atoms with Gasteiger partial charge >= 0.3 is 0 Å². The van der Waals surface area contributed by atoms with Crippen LogP contribution in [-0.4, -0.2) is 71.3 Å². The second-order valence-corrected chi connectivity index (χ2v) is 12.3. The van der Waals surface area contributed by atoms with Crippen LogP contribution in [0.1, 0.15) is 26.2 Å². The molecule has 4 heterocycles. The van der Waals surface area contributed by atoms with E-state index in [9.17, 15) is 8.42 Å². The van der Waals surface area contributed by atoms with Crippen molar-refractivity contribution >= 4 is 32.6 Å². The minimum Gasteiger partial charge on any atom is -0.354 e. The highest BCUT2D eigenvalue weighted by Crippen LogP contribution is 2.36. The second-order valence-electron chi connectivity index (χ2n) is 10.5. The summed E-state index contributed by atoms with van der Waals surface area (Å²) in [5, 5.41) is 0. The Morgan fingerprint density at radius 2 is 1.77 bits per heavy atom. The van der Waals surface area contributed by atoms with E-state index in [1.807, 2.05) is 6.07 Å². The van der Waals surface area contributed by atoms with Gasteiger partial charge in [0.1, 0.15) is 23.6 Å². The lowest BCUT2D eigenvalue weighted by atomic mass is 10.1. The molecule has 3 aromatic heterocycles. The van der Waals surface area contributed by atoms with Gasteiger partial charge in [-0.25, -0.2) is 32.2 Å². The molecule has 2 aliphatic rings. The molecule has 4 aromatic rings. The van der Waals surface area contributed by atoms with Crippen molar-refractivity contribution in [1.82, 2.24) is 24.4 Å². The van der Waals surface area contributed by atoms with E-state index in [1.54, 1.807) is 31.6 Å². The number of fused-ring (bicyclic) bond motifs is 1. The zero-order valence-electron chi connectivity index (χ0n) is 22.2. The van der Waals surface area contributed by atoms with Gasteiger partial charge in [-0.05, 0) is 49.4 Å². The smallest absolute Gasteiger partial charge is 0.232 e. The zero-order chi connectivity index (χ0) is 27.9. The molecular weight excluding hydrogens is 536 g/mol. The molecule has 0 radical (unpaired) electrons. The van der Waals surface area contributed by atoms with Crippen LogP contribution in [0, 0.1) is 17.6 Å². The molecule has 0 spiro atoms. The van der Waals surface area contributed by atoms with Gasteiger partial charge in [-0.2, -0.15) is 0 Å². The molecule has 210 valence electrons. The van der Waals surface area contributed by atoms with E-state index in [-0.39, 0.29) is 11.4 Å². The van der Waals surface area contributed by atoms with Gasteiger partial charge < -0.3 is 9.47 Å². The Bertz CT molecular complexity index is 1630. The van der Waals surface area contributed by atoms with Crippen LogP contribution in [0.3, 0.4) is 0 Å². The monoisotopic (exact) mass is 567 g/mol. The number of hydrogen-bond acceptors (Lipinski definition) is 7. The SMILES string of the molecule is CCCS(=O)(=O)Nc1ccc(F)c(-n2cc(-c3cncnc3)c3nc(N4CCN(CC5CC5)CC4)ccc32)c1F. The topological polar surface area (TPSA) is 96.2 Å². The van der Waals surface area contributed by atoms with Crippen molar-refractivity contribution in [3.8, 4) is 16.8 Å². The second kappa shape index (κ2) is 10.7. The summed E-state index contributed by atoms with van der Waals surface area (Å²) in [5.41, 5.74) is 1.56. The van der Waals surface area contributed by atoms with Gasteiger partial charge in [-0.3, -0.25) is 9.62 Å². The average molecular weight is 568 g/mol. The van der Waals surface area contributed by atoms with E-state index in [1.165, 1.54) is 23.7 Å². The number of nitrogens with zero attached hydrogens (tertiary/aromatic N) is 6. The third kappa shape index (κ3) is 5.37. The third-order valence-electron chi connectivity index (χ3n) is 7.46. The zero-order valence-corrected chi connectivity index (χ0v) is 23.0. The number of sulfonamides is 1. The van der Waals surface area contributed by atoms with E-state index < -0.39 is 27.3 Å². The standard InChI is InChI=1S/C28H31F2N7O2S/c1-2-13-40(38,39)34-23-6-5-22(29)28(26(23)30)37-17-21(20-14-31-18-32-15-20)27-24(37)7-8-25(33-27)36-11-9-35(10-12-36)16-19-3-4-19/h5-8,14-15,17-19,34H,2-4,9-13,16H2,1H3. The summed E-state index contributed by atoms with van der Waals surface area (Å²) >= 11 is 0. The van der Waals surface area contributed by atoms with Crippen LogP contribution in [0.25, 0.3) is 27.8 Å². The number of nitrogens with one attached hydrogen (secondary N) is 1. The van der Waals surface area contributed by atoms with Crippen molar-refractivity contribution in [2.24, 2.45) is 5.92 Å². The van der Waals surface area contributed by atoms with Crippen molar-refractivity contribution in [3.63, 3.8) is 0 Å². The fourth-order valence-corrected chi connectivity index (χ4v) is 6.39. The van der Waals surface area contributed by atoms with Gasteiger partial charge in [-0.15, -0.1) is 0 Å². The van der Waals surface area contributed by atoms with Crippen molar-refractivity contribution in [3.05, 3.63) is 60.8 Å². The molecule has 9 nitrogen and oxygen atoms in total. The highest BCUT2D eigenvalue weighted by molar-refractivity contribution is 7.92. The summed E-state index contributed by atoms with van der Waals surface area (Å²) in [6.07, 6.45) is 9.28. The van der Waals surface area contributed by atoms with Crippen LogP contribution >= 0.6 is 0 Å². The summed E-state index contributed by atoms with van der Waals surface area (Å²) in [5.74, 6) is -0.386.